The number of ether oxygens (including phenoxy) is 2. The Labute approximate surface area is 177 Å². The molecule has 170 valence electrons. The van der Waals surface area contributed by atoms with Crippen LogP contribution in [0.5, 0.6) is 5.88 Å². The minimum atomic E-state index is -4.79. The molecule has 0 radical (unpaired) electrons. The van der Waals surface area contributed by atoms with E-state index in [1.54, 1.807) is 0 Å². The lowest BCUT2D eigenvalue weighted by Gasteiger charge is -2.27. The highest BCUT2D eigenvalue weighted by molar-refractivity contribution is 7.69. The van der Waals surface area contributed by atoms with Gasteiger partial charge in [0.2, 0.25) is 11.8 Å². The highest BCUT2D eigenvalue weighted by Gasteiger charge is 2.40. The van der Waals surface area contributed by atoms with E-state index in [9.17, 15) is 17.7 Å². The zero-order valence-corrected chi connectivity index (χ0v) is 18.3. The monoisotopic (exact) mass is 460 g/mol. The van der Waals surface area contributed by atoms with Crippen LogP contribution in [0.2, 0.25) is 0 Å². The van der Waals surface area contributed by atoms with Crippen LogP contribution in [0.15, 0.2) is 12.1 Å². The van der Waals surface area contributed by atoms with Crippen molar-refractivity contribution >= 4 is 24.3 Å². The van der Waals surface area contributed by atoms with Gasteiger partial charge in [-0.2, -0.15) is 18.2 Å². The van der Waals surface area contributed by atoms with Crippen molar-refractivity contribution in [2.45, 2.75) is 6.18 Å². The van der Waals surface area contributed by atoms with E-state index in [4.69, 9.17) is 15.2 Å². The first kappa shape index (κ1) is 23.2. The molecule has 9 nitrogen and oxygen atoms in total. The zero-order chi connectivity index (χ0) is 22.8. The molecule has 2 aromatic rings. The molecule has 0 aromatic carbocycles. The van der Waals surface area contributed by atoms with E-state index >= 15 is 0 Å². The summed E-state index contributed by atoms with van der Waals surface area (Å²) in [6, 6.07) is 2.75. The molecule has 1 aliphatic heterocycles. The Bertz CT molecular complexity index is 992. The average Bonchev–Trinajstić information content (AvgIpc) is 2.70. The van der Waals surface area contributed by atoms with Gasteiger partial charge in [0.15, 0.2) is 0 Å². The summed E-state index contributed by atoms with van der Waals surface area (Å²) in [5.41, 5.74) is 4.38. The molecule has 0 unspecified atom stereocenters. The number of methoxy groups -OCH3 is 1. The first-order valence-corrected chi connectivity index (χ1v) is 12.0. The second kappa shape index (κ2) is 8.97. The highest BCUT2D eigenvalue weighted by atomic mass is 31.2. The summed E-state index contributed by atoms with van der Waals surface area (Å²) in [4.78, 5) is 13.7. The fourth-order valence-corrected chi connectivity index (χ4v) is 3.85. The molecule has 3 N–H and O–H groups in total. The summed E-state index contributed by atoms with van der Waals surface area (Å²) in [6.07, 6.45) is -4.79. The topological polar surface area (TPSA) is 115 Å². The minimum absolute atomic E-state index is 0.0319. The van der Waals surface area contributed by atoms with E-state index in [0.29, 0.717) is 26.3 Å². The van der Waals surface area contributed by atoms with Crippen LogP contribution in [0, 0.1) is 0 Å². The molecule has 13 heteroatoms. The van der Waals surface area contributed by atoms with Crippen LogP contribution in [0.1, 0.15) is 5.56 Å². The maximum Gasteiger partial charge on any atom is 0.422 e. The van der Waals surface area contributed by atoms with Crippen molar-refractivity contribution in [2.24, 2.45) is 0 Å². The summed E-state index contributed by atoms with van der Waals surface area (Å²) < 4.78 is 65.1. The number of alkyl halides is 3. The first-order valence-electron chi connectivity index (χ1n) is 9.40. The third kappa shape index (κ3) is 5.44. The van der Waals surface area contributed by atoms with Gasteiger partial charge in [0.05, 0.1) is 38.2 Å². The number of nitrogens with zero attached hydrogens (tertiary/aromatic N) is 4. The third-order valence-electron chi connectivity index (χ3n) is 4.63. The number of hydrogen-bond donors (Lipinski definition) is 2. The summed E-state index contributed by atoms with van der Waals surface area (Å²) >= 11 is 0. The quantitative estimate of drug-likeness (QED) is 0.626. The second-order valence-corrected chi connectivity index (χ2v) is 10.5. The first-order chi connectivity index (χ1) is 14.5. The highest BCUT2D eigenvalue weighted by Crippen LogP contribution is 2.43. The Morgan fingerprint density at radius 1 is 1.23 bits per heavy atom. The molecule has 3 heterocycles. The van der Waals surface area contributed by atoms with Gasteiger partial charge in [-0.3, -0.25) is 4.90 Å². The smallest absolute Gasteiger partial charge is 0.422 e. The van der Waals surface area contributed by atoms with Gasteiger partial charge in [0.1, 0.15) is 24.0 Å². The van der Waals surface area contributed by atoms with Gasteiger partial charge in [-0.15, -0.1) is 0 Å². The Morgan fingerprint density at radius 3 is 2.48 bits per heavy atom. The average molecular weight is 460 g/mol. The van der Waals surface area contributed by atoms with Crippen LogP contribution in [0.25, 0.3) is 11.3 Å². The fourth-order valence-electron chi connectivity index (χ4n) is 3.08. The number of nitrogen functional groups attached to an aromatic ring is 1. The Morgan fingerprint density at radius 2 is 1.90 bits per heavy atom. The number of rotatable bonds is 6. The number of hydrogen-bond acceptors (Lipinski definition) is 9. The molecule has 0 bridgehead atoms. The van der Waals surface area contributed by atoms with E-state index in [1.807, 2.05) is 4.90 Å². The number of halogens is 3. The van der Waals surface area contributed by atoms with Gasteiger partial charge < -0.3 is 25.1 Å². The number of anilines is 2. The van der Waals surface area contributed by atoms with E-state index in [2.05, 4.69) is 20.3 Å². The van der Waals surface area contributed by atoms with Crippen LogP contribution in [-0.2, 0) is 15.5 Å². The fraction of sp³-hybridized carbons (Fsp3) is 0.500. The summed E-state index contributed by atoms with van der Waals surface area (Å²) in [6.45, 7) is 5.30. The molecule has 31 heavy (non-hydrogen) atoms. The van der Waals surface area contributed by atoms with Crippen molar-refractivity contribution < 1.29 is 27.2 Å². The zero-order valence-electron chi connectivity index (χ0n) is 17.4. The maximum atomic E-state index is 14.1. The molecule has 1 fully saturated rings. The molecule has 0 aliphatic carbocycles. The van der Waals surface area contributed by atoms with Crippen LogP contribution < -0.4 is 21.2 Å². The molecular weight excluding hydrogens is 436 g/mol. The van der Waals surface area contributed by atoms with Gasteiger partial charge in [0.25, 0.3) is 0 Å². The Balaban J connectivity index is 2.09. The van der Waals surface area contributed by atoms with Gasteiger partial charge in [0, 0.05) is 13.1 Å². The third-order valence-corrected chi connectivity index (χ3v) is 5.98. The predicted octanol–water partition coefficient (Wildman–Crippen LogP) is 2.10. The van der Waals surface area contributed by atoms with E-state index in [-0.39, 0.29) is 29.5 Å². The molecule has 0 saturated carbocycles. The largest absolute Gasteiger partial charge is 0.480 e. The second-order valence-electron chi connectivity index (χ2n) is 7.29. The van der Waals surface area contributed by atoms with Crippen LogP contribution >= 0.6 is 7.14 Å². The molecule has 1 saturated heterocycles. The molecule has 1 aliphatic rings. The normalized spacial score (nSPS) is 15.7. The molecule has 3 rings (SSSR count). The molecule has 0 atom stereocenters. The number of nitrogens with one attached hydrogen (secondary N) is 1. The molecule has 0 amide bonds. The van der Waals surface area contributed by atoms with Crippen molar-refractivity contribution in [3.8, 4) is 17.1 Å². The molecule has 2 aromatic heterocycles. The van der Waals surface area contributed by atoms with Crippen molar-refractivity contribution in [3.05, 3.63) is 17.7 Å². The van der Waals surface area contributed by atoms with Crippen LogP contribution in [0.4, 0.5) is 24.9 Å². The van der Waals surface area contributed by atoms with Gasteiger partial charge in [-0.25, -0.2) is 9.97 Å². The van der Waals surface area contributed by atoms with Gasteiger partial charge in [-0.1, -0.05) is 0 Å². The van der Waals surface area contributed by atoms with Crippen molar-refractivity contribution in [1.82, 2.24) is 19.9 Å². The van der Waals surface area contributed by atoms with E-state index < -0.39 is 30.4 Å². The van der Waals surface area contributed by atoms with Crippen molar-refractivity contribution in [2.75, 3.05) is 64.5 Å². The van der Waals surface area contributed by atoms with Gasteiger partial charge >= 0.3 is 6.18 Å². The SMILES string of the molecule is COc1nc(P(C)(C)=O)ccc1-c1nc(N)nc(NCN2CCOCC2)c1C(F)(F)F. The maximum absolute atomic E-state index is 14.1. The van der Waals surface area contributed by atoms with Crippen LogP contribution in [-0.4, -0.2) is 73.3 Å². The van der Waals surface area contributed by atoms with Crippen molar-refractivity contribution in [1.29, 1.82) is 0 Å². The Hall–Kier alpha value is -2.43. The minimum Gasteiger partial charge on any atom is -0.480 e. The van der Waals surface area contributed by atoms with Crippen molar-refractivity contribution in [3.63, 3.8) is 0 Å². The Kier molecular flexibility index (Phi) is 6.73. The van der Waals surface area contributed by atoms with Gasteiger partial charge in [-0.05, 0) is 25.5 Å². The molecule has 0 spiro atoms. The lowest BCUT2D eigenvalue weighted by atomic mass is 10.1. The summed E-state index contributed by atoms with van der Waals surface area (Å²) in [5, 5.41) is 2.73. The summed E-state index contributed by atoms with van der Waals surface area (Å²) in [5.74, 6) is -0.913. The number of morpholine rings is 1. The standard InChI is InChI=1S/C18H24F3N6O3P/c1-29-16-11(4-5-12(24-16)31(2,3)28)14-13(18(19,20)21)15(26-17(22)25-14)23-10-27-6-8-30-9-7-27/h4-5H,6-10H2,1-3H3,(H3,22,23,25,26). The number of pyridine rings is 1. The lowest BCUT2D eigenvalue weighted by molar-refractivity contribution is -0.136. The number of nitrogens with two attached hydrogens (primary N) is 1. The number of aromatic nitrogens is 3. The lowest BCUT2D eigenvalue weighted by Crippen LogP contribution is -2.39. The molecular formula is C18H24F3N6O3P. The van der Waals surface area contributed by atoms with E-state index in [0.717, 1.165) is 0 Å². The summed E-state index contributed by atoms with van der Waals surface area (Å²) in [7, 11) is -1.49. The predicted molar refractivity (Wildman–Crippen MR) is 111 cm³/mol. The van der Waals surface area contributed by atoms with E-state index in [1.165, 1.54) is 32.6 Å². The van der Waals surface area contributed by atoms with Crippen LogP contribution in [0.3, 0.4) is 0 Å².